The molecule has 1 fully saturated rings. The van der Waals surface area contributed by atoms with Crippen molar-refractivity contribution in [3.05, 3.63) is 23.8 Å². The van der Waals surface area contributed by atoms with Gasteiger partial charge >= 0.3 is 5.97 Å². The van der Waals surface area contributed by atoms with Crippen LogP contribution in [0.1, 0.15) is 24.2 Å². The zero-order valence-corrected chi connectivity index (χ0v) is 17.1. The van der Waals surface area contributed by atoms with E-state index in [1.165, 1.54) is 29.6 Å². The summed E-state index contributed by atoms with van der Waals surface area (Å²) in [5.74, 6) is -0.843. The first-order chi connectivity index (χ1) is 13.3. The van der Waals surface area contributed by atoms with Crippen molar-refractivity contribution in [1.82, 2.24) is 9.62 Å². The Hall–Kier alpha value is -2.17. The average Bonchev–Trinajstić information content (AvgIpc) is 2.70. The average molecular weight is 414 g/mol. The Morgan fingerprint density at radius 1 is 1.25 bits per heavy atom. The normalized spacial score (nSPS) is 15.3. The highest BCUT2D eigenvalue weighted by atomic mass is 32.2. The molecule has 1 aromatic carbocycles. The van der Waals surface area contributed by atoms with E-state index in [0.29, 0.717) is 19.8 Å². The molecular weight excluding hydrogens is 388 g/mol. The van der Waals surface area contributed by atoms with Gasteiger partial charge in [-0.3, -0.25) is 4.79 Å². The molecule has 0 aliphatic carbocycles. The summed E-state index contributed by atoms with van der Waals surface area (Å²) in [6.45, 7) is 5.00. The molecular formula is C18H26N2O7S. The van der Waals surface area contributed by atoms with Gasteiger partial charge in [-0.25, -0.2) is 13.2 Å². The number of esters is 1. The molecule has 0 radical (unpaired) electrons. The predicted octanol–water partition coefficient (Wildman–Crippen LogP) is 0.645. The highest BCUT2D eigenvalue weighted by Gasteiger charge is 2.28. The number of hydrogen-bond acceptors (Lipinski definition) is 7. The topological polar surface area (TPSA) is 111 Å². The van der Waals surface area contributed by atoms with Crippen molar-refractivity contribution in [2.75, 3.05) is 46.6 Å². The Balaban J connectivity index is 2.15. The molecule has 0 atom stereocenters. The third-order valence-electron chi connectivity index (χ3n) is 4.04. The molecule has 0 unspecified atom stereocenters. The van der Waals surface area contributed by atoms with Crippen LogP contribution in [0.2, 0.25) is 0 Å². The van der Waals surface area contributed by atoms with Crippen LogP contribution in [0.4, 0.5) is 0 Å². The Morgan fingerprint density at radius 3 is 2.54 bits per heavy atom. The molecule has 1 aliphatic rings. The van der Waals surface area contributed by atoms with E-state index in [0.717, 1.165) is 0 Å². The van der Waals surface area contributed by atoms with Crippen LogP contribution in [0.3, 0.4) is 0 Å². The van der Waals surface area contributed by atoms with Crippen LogP contribution in [0.5, 0.6) is 5.75 Å². The van der Waals surface area contributed by atoms with Crippen molar-refractivity contribution >= 4 is 21.9 Å². The van der Waals surface area contributed by atoms with E-state index in [4.69, 9.17) is 14.2 Å². The van der Waals surface area contributed by atoms with Gasteiger partial charge in [-0.15, -0.1) is 0 Å². The van der Waals surface area contributed by atoms with Gasteiger partial charge in [0.15, 0.2) is 6.61 Å². The standard InChI is InChI=1S/C18H26N2O7S/c1-13(2)11-19-17(21)12-27-18(22)15-10-14(4-5-16(15)25-3)28(23,24)20-6-8-26-9-7-20/h4-5,10,13H,6-9,11-12H2,1-3H3,(H,19,21). The van der Waals surface area contributed by atoms with Gasteiger partial charge in [0, 0.05) is 19.6 Å². The molecule has 1 amide bonds. The molecule has 156 valence electrons. The molecule has 1 heterocycles. The van der Waals surface area contributed by atoms with Crippen LogP contribution >= 0.6 is 0 Å². The Morgan fingerprint density at radius 2 is 1.93 bits per heavy atom. The minimum Gasteiger partial charge on any atom is -0.496 e. The van der Waals surface area contributed by atoms with E-state index < -0.39 is 28.5 Å². The summed E-state index contributed by atoms with van der Waals surface area (Å²) in [6, 6.07) is 3.97. The minimum absolute atomic E-state index is 0.0496. The van der Waals surface area contributed by atoms with Crippen LogP contribution in [-0.4, -0.2) is 71.2 Å². The lowest BCUT2D eigenvalue weighted by molar-refractivity contribution is -0.124. The number of benzene rings is 1. The summed E-state index contributed by atoms with van der Waals surface area (Å²) >= 11 is 0. The maximum atomic E-state index is 12.8. The quantitative estimate of drug-likeness (QED) is 0.622. The first-order valence-corrected chi connectivity index (χ1v) is 10.4. The Bertz CT molecular complexity index is 802. The van der Waals surface area contributed by atoms with Crippen molar-refractivity contribution < 1.29 is 32.2 Å². The zero-order chi connectivity index (χ0) is 20.7. The second-order valence-electron chi connectivity index (χ2n) is 6.65. The second-order valence-corrected chi connectivity index (χ2v) is 8.59. The highest BCUT2D eigenvalue weighted by molar-refractivity contribution is 7.89. The molecule has 28 heavy (non-hydrogen) atoms. The van der Waals surface area contributed by atoms with Gasteiger partial charge in [0.25, 0.3) is 5.91 Å². The molecule has 1 aromatic rings. The van der Waals surface area contributed by atoms with E-state index in [1.807, 2.05) is 13.8 Å². The monoisotopic (exact) mass is 414 g/mol. The van der Waals surface area contributed by atoms with E-state index in [2.05, 4.69) is 5.32 Å². The van der Waals surface area contributed by atoms with Gasteiger partial charge in [-0.1, -0.05) is 13.8 Å². The van der Waals surface area contributed by atoms with Gasteiger partial charge in [0.1, 0.15) is 11.3 Å². The Labute approximate surface area is 165 Å². The fourth-order valence-corrected chi connectivity index (χ4v) is 3.96. The predicted molar refractivity (Wildman–Crippen MR) is 101 cm³/mol. The molecule has 0 aromatic heterocycles. The molecule has 1 aliphatic heterocycles. The van der Waals surface area contributed by atoms with Crippen molar-refractivity contribution in [1.29, 1.82) is 0 Å². The Kier molecular flexibility index (Phi) is 7.78. The number of carbonyl (C=O) groups is 2. The van der Waals surface area contributed by atoms with Gasteiger partial charge in [0.05, 0.1) is 25.2 Å². The van der Waals surface area contributed by atoms with Gasteiger partial charge in [0.2, 0.25) is 10.0 Å². The zero-order valence-electron chi connectivity index (χ0n) is 16.3. The van der Waals surface area contributed by atoms with E-state index >= 15 is 0 Å². The van der Waals surface area contributed by atoms with Gasteiger partial charge in [-0.2, -0.15) is 4.31 Å². The number of morpholine rings is 1. The van der Waals surface area contributed by atoms with Crippen LogP contribution in [0, 0.1) is 5.92 Å². The van der Waals surface area contributed by atoms with Crippen LogP contribution in [-0.2, 0) is 24.3 Å². The lowest BCUT2D eigenvalue weighted by Gasteiger charge is -2.26. The maximum Gasteiger partial charge on any atom is 0.342 e. The van der Waals surface area contributed by atoms with Crippen LogP contribution in [0.25, 0.3) is 0 Å². The third kappa shape index (κ3) is 5.66. The molecule has 0 bridgehead atoms. The molecule has 9 nitrogen and oxygen atoms in total. The smallest absolute Gasteiger partial charge is 0.342 e. The SMILES string of the molecule is COc1ccc(S(=O)(=O)N2CCOCC2)cc1C(=O)OCC(=O)NCC(C)C. The number of methoxy groups -OCH3 is 1. The number of nitrogens with one attached hydrogen (secondary N) is 1. The number of sulfonamides is 1. The van der Waals surface area contributed by atoms with Crippen molar-refractivity contribution in [2.24, 2.45) is 5.92 Å². The number of carbonyl (C=O) groups excluding carboxylic acids is 2. The van der Waals surface area contributed by atoms with Crippen LogP contribution in [0.15, 0.2) is 23.1 Å². The lowest BCUT2D eigenvalue weighted by Crippen LogP contribution is -2.40. The molecule has 0 spiro atoms. The second kappa shape index (κ2) is 9.85. The van der Waals surface area contributed by atoms with Crippen molar-refractivity contribution in [2.45, 2.75) is 18.7 Å². The molecule has 2 rings (SSSR count). The minimum atomic E-state index is -3.78. The number of ether oxygens (including phenoxy) is 3. The number of hydrogen-bond donors (Lipinski definition) is 1. The fourth-order valence-electron chi connectivity index (χ4n) is 2.52. The molecule has 1 N–H and O–H groups in total. The van der Waals surface area contributed by atoms with Crippen LogP contribution < -0.4 is 10.1 Å². The van der Waals surface area contributed by atoms with E-state index in [1.54, 1.807) is 0 Å². The summed E-state index contributed by atoms with van der Waals surface area (Å²) in [7, 11) is -2.42. The summed E-state index contributed by atoms with van der Waals surface area (Å²) in [5, 5.41) is 2.63. The summed E-state index contributed by atoms with van der Waals surface area (Å²) < 4.78 is 42.2. The van der Waals surface area contributed by atoms with Gasteiger partial charge in [-0.05, 0) is 24.1 Å². The molecule has 1 saturated heterocycles. The fraction of sp³-hybridized carbons (Fsp3) is 0.556. The molecule has 0 saturated carbocycles. The highest BCUT2D eigenvalue weighted by Crippen LogP contribution is 2.25. The summed E-state index contributed by atoms with van der Waals surface area (Å²) in [4.78, 5) is 24.1. The van der Waals surface area contributed by atoms with Crippen molar-refractivity contribution in [3.63, 3.8) is 0 Å². The van der Waals surface area contributed by atoms with Gasteiger partial charge < -0.3 is 19.5 Å². The summed E-state index contributed by atoms with van der Waals surface area (Å²) in [5.41, 5.74) is -0.0616. The summed E-state index contributed by atoms with van der Waals surface area (Å²) in [6.07, 6.45) is 0. The third-order valence-corrected chi connectivity index (χ3v) is 5.94. The first-order valence-electron chi connectivity index (χ1n) is 8.95. The first kappa shape index (κ1) is 22.1. The maximum absolute atomic E-state index is 12.8. The number of rotatable bonds is 8. The number of nitrogens with zero attached hydrogens (tertiary/aromatic N) is 1. The molecule has 10 heteroatoms. The lowest BCUT2D eigenvalue weighted by atomic mass is 10.2. The largest absolute Gasteiger partial charge is 0.496 e. The van der Waals surface area contributed by atoms with Crippen molar-refractivity contribution in [3.8, 4) is 5.75 Å². The van der Waals surface area contributed by atoms with E-state index in [9.17, 15) is 18.0 Å². The van der Waals surface area contributed by atoms with E-state index in [-0.39, 0.29) is 35.2 Å². The number of amides is 1.